The minimum Gasteiger partial charge on any atom is -0.291 e. The number of imide groups is 2. The summed E-state index contributed by atoms with van der Waals surface area (Å²) in [6.45, 7) is 20.1. The van der Waals surface area contributed by atoms with Gasteiger partial charge in [0.05, 0.1) is 31.5 Å². The largest absolute Gasteiger partial charge is 0.291 e. The number of amides is 4. The van der Waals surface area contributed by atoms with Gasteiger partial charge in [0.25, 0.3) is 0 Å². The van der Waals surface area contributed by atoms with E-state index in [1.165, 1.54) is 11.3 Å². The molecule has 0 bridgehead atoms. The fraction of sp³-hybridized carbons (Fsp3) is 0.737. The van der Waals surface area contributed by atoms with E-state index in [0.29, 0.717) is 54.9 Å². The molecule has 12 unspecified atom stereocenters. The second-order valence-electron chi connectivity index (χ2n) is 14.7. The first-order valence-electron chi connectivity index (χ1n) is 18.0. The summed E-state index contributed by atoms with van der Waals surface area (Å²) < 4.78 is 0. The molecule has 45 heavy (non-hydrogen) atoms. The summed E-state index contributed by atoms with van der Waals surface area (Å²) >= 11 is 0. The fourth-order valence-electron chi connectivity index (χ4n) is 11.5. The molecule has 0 aromatic carbocycles. The molecule has 2 saturated heterocycles. The van der Waals surface area contributed by atoms with Crippen molar-refractivity contribution >= 4 is 31.5 Å². The van der Waals surface area contributed by atoms with Crippen LogP contribution in [0.15, 0.2) is 37.5 Å². The van der Waals surface area contributed by atoms with E-state index in [-0.39, 0.29) is 59.7 Å². The van der Waals surface area contributed by atoms with Crippen molar-refractivity contribution in [3.05, 3.63) is 37.5 Å². The average Bonchev–Trinajstić information content (AvgIpc) is 3.75. The Kier molecular flexibility index (Phi) is 10.4. The quantitative estimate of drug-likeness (QED) is 0.147. The van der Waals surface area contributed by atoms with Gasteiger partial charge < -0.3 is 0 Å². The smallest absolute Gasteiger partial charge is 0.233 e. The van der Waals surface area contributed by atoms with Crippen molar-refractivity contribution in [3.8, 4) is 0 Å². The molecule has 12 atom stereocenters. The van der Waals surface area contributed by atoms with Crippen molar-refractivity contribution in [3.63, 3.8) is 0 Å². The van der Waals surface area contributed by atoms with Crippen LogP contribution in [0.4, 0.5) is 0 Å². The minimum atomic E-state index is -0.446. The molecule has 3 saturated carbocycles. The van der Waals surface area contributed by atoms with Crippen molar-refractivity contribution < 1.29 is 19.2 Å². The SMILES string of the molecule is [B]CN1C(=O)C2C(C=C)CC(/C=C\C3CC(C=C)C4C(=O)N(CC5C(CC)C(CC)C(CC)C(CC)C5CC)C(=O)C34)C2C1=O. The van der Waals surface area contributed by atoms with Crippen LogP contribution < -0.4 is 0 Å². The van der Waals surface area contributed by atoms with Crippen LogP contribution >= 0.6 is 0 Å². The summed E-state index contributed by atoms with van der Waals surface area (Å²) in [6.07, 6.45) is 14.7. The van der Waals surface area contributed by atoms with Crippen LogP contribution in [0.5, 0.6) is 0 Å². The maximum atomic E-state index is 14.3. The van der Waals surface area contributed by atoms with E-state index in [2.05, 4.69) is 59.9 Å². The van der Waals surface area contributed by atoms with Gasteiger partial charge in [0.2, 0.25) is 23.6 Å². The number of hydrogen-bond acceptors (Lipinski definition) is 4. The predicted octanol–water partition coefficient (Wildman–Crippen LogP) is 6.28. The van der Waals surface area contributed by atoms with Crippen molar-refractivity contribution in [2.45, 2.75) is 79.6 Å². The lowest BCUT2D eigenvalue weighted by Crippen LogP contribution is -2.51. The third-order valence-corrected chi connectivity index (χ3v) is 13.4. The van der Waals surface area contributed by atoms with Gasteiger partial charge in [0, 0.05) is 6.54 Å². The molecule has 0 spiro atoms. The highest BCUT2D eigenvalue weighted by Crippen LogP contribution is 2.55. The number of carbonyl (C=O) groups excluding carboxylic acids is 4. The first-order chi connectivity index (χ1) is 21.7. The standard InChI is InChI=1S/C38H55BN2O4/c1-8-21-17-23(15-16-24-18-22(9-2)32-34(24)38(45)41(20-39)37(32)44)33-31(21)35(42)40(36(33)43)19-30-28(13-6)26(11-4)25(10-3)27(12-5)29(30)14-7/h8-9,15-16,21-34H,1-2,10-14,17-20H2,3-7H3/b16-15-. The van der Waals surface area contributed by atoms with Gasteiger partial charge in [-0.25, -0.2) is 0 Å². The van der Waals surface area contributed by atoms with E-state index in [4.69, 9.17) is 7.85 Å². The van der Waals surface area contributed by atoms with Crippen LogP contribution in [0.25, 0.3) is 0 Å². The lowest BCUT2D eigenvalue weighted by molar-refractivity contribution is -0.144. The van der Waals surface area contributed by atoms with Crippen LogP contribution in [-0.4, -0.2) is 54.3 Å². The minimum absolute atomic E-state index is 0.0166. The molecule has 6 nitrogen and oxygen atoms in total. The lowest BCUT2D eigenvalue weighted by atomic mass is 9.53. The van der Waals surface area contributed by atoms with Gasteiger partial charge in [-0.05, 0) is 78.5 Å². The van der Waals surface area contributed by atoms with Gasteiger partial charge in [-0.15, -0.1) is 13.2 Å². The molecule has 244 valence electrons. The Balaban J connectivity index is 1.40. The van der Waals surface area contributed by atoms with E-state index >= 15 is 0 Å². The summed E-state index contributed by atoms with van der Waals surface area (Å²) in [7, 11) is 5.76. The number of allylic oxidation sites excluding steroid dienone is 4. The molecule has 4 amide bonds. The molecular formula is C38H55BN2O4. The van der Waals surface area contributed by atoms with Gasteiger partial charge >= 0.3 is 0 Å². The first kappa shape index (κ1) is 33.9. The summed E-state index contributed by atoms with van der Waals surface area (Å²) in [6, 6.07) is 0. The van der Waals surface area contributed by atoms with Crippen LogP contribution in [-0.2, 0) is 19.2 Å². The zero-order valence-electron chi connectivity index (χ0n) is 28.3. The van der Waals surface area contributed by atoms with Gasteiger partial charge in [-0.2, -0.15) is 0 Å². The number of likely N-dealkylation sites (tertiary alicyclic amines) is 2. The van der Waals surface area contributed by atoms with Crippen LogP contribution in [0.3, 0.4) is 0 Å². The van der Waals surface area contributed by atoms with Crippen molar-refractivity contribution in [2.24, 2.45) is 82.9 Å². The highest BCUT2D eigenvalue weighted by Gasteiger charge is 2.60. The van der Waals surface area contributed by atoms with E-state index in [1.54, 1.807) is 11.0 Å². The molecule has 0 N–H and O–H groups in total. The summed E-state index contributed by atoms with van der Waals surface area (Å²) in [5.41, 5.74) is 0. The number of fused-ring (bicyclic) bond motifs is 2. The third kappa shape index (κ3) is 5.32. The molecule has 2 radical (unpaired) electrons. The Hall–Kier alpha value is -2.44. The third-order valence-electron chi connectivity index (χ3n) is 13.4. The molecular weight excluding hydrogens is 559 g/mol. The van der Waals surface area contributed by atoms with E-state index in [0.717, 1.165) is 25.7 Å². The van der Waals surface area contributed by atoms with Crippen LogP contribution in [0, 0.1) is 82.9 Å². The fourth-order valence-corrected chi connectivity index (χ4v) is 11.5. The van der Waals surface area contributed by atoms with Gasteiger partial charge in [0.1, 0.15) is 0 Å². The summed E-state index contributed by atoms with van der Waals surface area (Å²) in [5.74, 6) is 0.811. The molecule has 5 fully saturated rings. The summed E-state index contributed by atoms with van der Waals surface area (Å²) in [4.78, 5) is 57.5. The van der Waals surface area contributed by atoms with E-state index in [1.807, 2.05) is 6.08 Å². The van der Waals surface area contributed by atoms with Gasteiger partial charge in [0.15, 0.2) is 0 Å². The number of carbonyl (C=O) groups is 4. The highest BCUT2D eigenvalue weighted by atomic mass is 16.2. The number of hydrogen-bond donors (Lipinski definition) is 0. The molecule has 0 aromatic heterocycles. The van der Waals surface area contributed by atoms with E-state index in [9.17, 15) is 19.2 Å². The van der Waals surface area contributed by atoms with Crippen LogP contribution in [0.1, 0.15) is 79.6 Å². The van der Waals surface area contributed by atoms with Crippen molar-refractivity contribution in [1.82, 2.24) is 9.80 Å². The second kappa shape index (κ2) is 13.7. The topological polar surface area (TPSA) is 74.8 Å². The first-order valence-corrected chi connectivity index (χ1v) is 18.0. The maximum absolute atomic E-state index is 14.3. The van der Waals surface area contributed by atoms with Crippen molar-refractivity contribution in [1.29, 1.82) is 0 Å². The predicted molar refractivity (Wildman–Crippen MR) is 178 cm³/mol. The molecule has 5 aliphatic rings. The normalized spacial score (nSPS) is 43.0. The van der Waals surface area contributed by atoms with Crippen LogP contribution in [0.2, 0.25) is 0 Å². The maximum Gasteiger partial charge on any atom is 0.233 e. The average molecular weight is 615 g/mol. The van der Waals surface area contributed by atoms with Crippen molar-refractivity contribution in [2.75, 3.05) is 13.0 Å². The summed E-state index contributed by atoms with van der Waals surface area (Å²) in [5, 5.41) is 0. The molecule has 0 aromatic rings. The molecule has 3 aliphatic carbocycles. The molecule has 2 heterocycles. The van der Waals surface area contributed by atoms with Gasteiger partial charge in [-0.3, -0.25) is 29.0 Å². The number of nitrogens with zero attached hydrogens (tertiary/aromatic N) is 2. The van der Waals surface area contributed by atoms with E-state index < -0.39 is 17.8 Å². The molecule has 2 aliphatic heterocycles. The number of rotatable bonds is 12. The zero-order valence-corrected chi connectivity index (χ0v) is 28.3. The second-order valence-corrected chi connectivity index (χ2v) is 14.7. The molecule has 7 heteroatoms. The Labute approximate surface area is 272 Å². The Bertz CT molecular complexity index is 1190. The van der Waals surface area contributed by atoms with Gasteiger partial charge in [-0.1, -0.05) is 91.0 Å². The lowest BCUT2D eigenvalue weighted by Gasteiger charge is -2.53. The molecule has 5 rings (SSSR count). The monoisotopic (exact) mass is 614 g/mol. The zero-order chi connectivity index (χ0) is 32.7. The highest BCUT2D eigenvalue weighted by molar-refractivity contribution is 6.15. The Morgan fingerprint density at radius 3 is 1.18 bits per heavy atom. The Morgan fingerprint density at radius 2 is 0.867 bits per heavy atom. The Morgan fingerprint density at radius 1 is 0.556 bits per heavy atom.